The fourth-order valence-electron chi connectivity index (χ4n) is 3.14. The number of nitrogens with two attached hydrogens (primary N) is 1. The molecule has 1 unspecified atom stereocenters. The zero-order chi connectivity index (χ0) is 22.1. The van der Waals surface area contributed by atoms with Gasteiger partial charge in [0.25, 0.3) is 5.91 Å². The molecule has 160 valence electrons. The normalized spacial score (nSPS) is 12.3. The molecule has 4 aromatic rings. The number of nitrogens with one attached hydrogen (secondary N) is 1. The lowest BCUT2D eigenvalue weighted by Crippen LogP contribution is -2.33. The van der Waals surface area contributed by atoms with E-state index in [1.165, 1.54) is 6.26 Å². The van der Waals surface area contributed by atoms with Crippen LogP contribution in [0, 0.1) is 10.5 Å². The lowest BCUT2D eigenvalue weighted by molar-refractivity contribution is 0.0867. The van der Waals surface area contributed by atoms with E-state index in [2.05, 4.69) is 42.9 Å². The van der Waals surface area contributed by atoms with Gasteiger partial charge in [0.2, 0.25) is 5.89 Å². The summed E-state index contributed by atoms with van der Waals surface area (Å²) >= 11 is 2.10. The number of imidazole rings is 1. The number of pyridine rings is 2. The Hall–Kier alpha value is -2.99. The van der Waals surface area contributed by atoms with Crippen molar-refractivity contribution >= 4 is 39.8 Å². The number of methoxy groups -OCH3 is 1. The molecule has 0 saturated carbocycles. The lowest BCUT2D eigenvalue weighted by Gasteiger charge is -2.16. The van der Waals surface area contributed by atoms with Crippen molar-refractivity contribution in [3.8, 4) is 22.7 Å². The van der Waals surface area contributed by atoms with E-state index >= 15 is 0 Å². The monoisotopic (exact) mass is 532 g/mol. The van der Waals surface area contributed by atoms with E-state index in [4.69, 9.17) is 14.9 Å². The van der Waals surface area contributed by atoms with Gasteiger partial charge in [-0.25, -0.2) is 15.0 Å². The van der Waals surface area contributed by atoms with Gasteiger partial charge >= 0.3 is 0 Å². The minimum atomic E-state index is -0.376. The summed E-state index contributed by atoms with van der Waals surface area (Å²) in [6.07, 6.45) is 6.63. The standard InChI is InChI=1S/C21H21IN6O3/c1-11-8-25-14-5-4-13(10-28(11)14)18-15(21-24-6-7-31-21)16(22)17(23)19(27-18)20(29)26-9-12(2)30-3/h4-8,10,12H,9,23H2,1-3H3,(H,26,29). The van der Waals surface area contributed by atoms with Gasteiger partial charge in [-0.05, 0) is 48.6 Å². The van der Waals surface area contributed by atoms with Crippen molar-refractivity contribution in [1.29, 1.82) is 0 Å². The van der Waals surface area contributed by atoms with Crippen molar-refractivity contribution in [3.63, 3.8) is 0 Å². The van der Waals surface area contributed by atoms with Gasteiger partial charge in [-0.15, -0.1) is 0 Å². The molecule has 3 N–H and O–H groups in total. The van der Waals surface area contributed by atoms with Gasteiger partial charge in [0.15, 0.2) is 5.69 Å². The predicted molar refractivity (Wildman–Crippen MR) is 125 cm³/mol. The molecule has 4 aromatic heterocycles. The number of halogens is 1. The molecule has 9 nitrogen and oxygen atoms in total. The maximum absolute atomic E-state index is 12.9. The predicted octanol–water partition coefficient (Wildman–Crippen LogP) is 3.31. The van der Waals surface area contributed by atoms with Crippen LogP contribution in [0.5, 0.6) is 0 Å². The summed E-state index contributed by atoms with van der Waals surface area (Å²) in [6.45, 7) is 4.17. The molecule has 0 aromatic carbocycles. The molecule has 0 radical (unpaired) electrons. The van der Waals surface area contributed by atoms with Crippen LogP contribution in [0.2, 0.25) is 0 Å². The molecule has 0 aliphatic rings. The molecule has 0 saturated heterocycles. The summed E-state index contributed by atoms with van der Waals surface area (Å²) in [5, 5.41) is 2.82. The smallest absolute Gasteiger partial charge is 0.272 e. The van der Waals surface area contributed by atoms with Gasteiger partial charge in [0.05, 0.1) is 32.8 Å². The Balaban J connectivity index is 1.89. The van der Waals surface area contributed by atoms with E-state index in [0.29, 0.717) is 27.3 Å². The maximum Gasteiger partial charge on any atom is 0.272 e. The van der Waals surface area contributed by atoms with Crippen LogP contribution in [0.25, 0.3) is 28.4 Å². The third-order valence-electron chi connectivity index (χ3n) is 4.95. The third-order valence-corrected chi connectivity index (χ3v) is 6.07. The van der Waals surface area contributed by atoms with Gasteiger partial charge < -0.3 is 24.6 Å². The Morgan fingerprint density at radius 1 is 1.39 bits per heavy atom. The maximum atomic E-state index is 12.9. The highest BCUT2D eigenvalue weighted by atomic mass is 127. The van der Waals surface area contributed by atoms with Crippen molar-refractivity contribution in [2.45, 2.75) is 20.0 Å². The number of oxazole rings is 1. The summed E-state index contributed by atoms with van der Waals surface area (Å²) in [4.78, 5) is 26.2. The molecule has 31 heavy (non-hydrogen) atoms. The van der Waals surface area contributed by atoms with Crippen LogP contribution < -0.4 is 11.1 Å². The Bertz CT molecular complexity index is 1250. The molecule has 0 aliphatic heterocycles. The average Bonchev–Trinajstić information content (AvgIpc) is 3.43. The van der Waals surface area contributed by atoms with Crippen molar-refractivity contribution in [3.05, 3.63) is 51.9 Å². The quantitative estimate of drug-likeness (QED) is 0.366. The van der Waals surface area contributed by atoms with Crippen molar-refractivity contribution in [1.82, 2.24) is 24.7 Å². The number of nitrogen functional groups attached to an aromatic ring is 1. The number of hydrogen-bond donors (Lipinski definition) is 2. The minimum absolute atomic E-state index is 0.137. The van der Waals surface area contributed by atoms with Crippen LogP contribution in [-0.4, -0.2) is 45.0 Å². The van der Waals surface area contributed by atoms with Crippen LogP contribution in [-0.2, 0) is 4.74 Å². The Labute approximate surface area is 192 Å². The number of hydrogen-bond acceptors (Lipinski definition) is 7. The Morgan fingerprint density at radius 3 is 2.90 bits per heavy atom. The number of carbonyl (C=O) groups excluding carboxylic acids is 1. The zero-order valence-corrected chi connectivity index (χ0v) is 19.4. The van der Waals surface area contributed by atoms with Crippen molar-refractivity contribution in [2.75, 3.05) is 19.4 Å². The number of nitrogens with zero attached hydrogens (tertiary/aromatic N) is 4. The highest BCUT2D eigenvalue weighted by Crippen LogP contribution is 2.38. The number of aromatic nitrogens is 4. The van der Waals surface area contributed by atoms with Crippen LogP contribution >= 0.6 is 22.6 Å². The highest BCUT2D eigenvalue weighted by molar-refractivity contribution is 14.1. The second kappa shape index (κ2) is 8.63. The van der Waals surface area contributed by atoms with E-state index in [-0.39, 0.29) is 23.4 Å². The zero-order valence-electron chi connectivity index (χ0n) is 17.2. The van der Waals surface area contributed by atoms with E-state index in [1.54, 1.807) is 19.5 Å². The fraction of sp³-hybridized carbons (Fsp3) is 0.238. The lowest BCUT2D eigenvalue weighted by atomic mass is 10.0. The number of ether oxygens (including phenoxy) is 1. The summed E-state index contributed by atoms with van der Waals surface area (Å²) in [5.41, 5.74) is 10.5. The molecule has 0 fully saturated rings. The van der Waals surface area contributed by atoms with Gasteiger partial charge in [-0.1, -0.05) is 0 Å². The van der Waals surface area contributed by atoms with Gasteiger partial charge in [0, 0.05) is 37.3 Å². The minimum Gasteiger partial charge on any atom is -0.444 e. The molecule has 0 aliphatic carbocycles. The van der Waals surface area contributed by atoms with Gasteiger partial charge in [-0.2, -0.15) is 0 Å². The van der Waals surface area contributed by atoms with E-state index in [1.807, 2.05) is 36.6 Å². The third kappa shape index (κ3) is 4.00. The molecule has 4 rings (SSSR count). The largest absolute Gasteiger partial charge is 0.444 e. The fourth-order valence-corrected chi connectivity index (χ4v) is 3.88. The van der Waals surface area contributed by atoms with Crippen LogP contribution in [0.3, 0.4) is 0 Å². The first-order valence-electron chi connectivity index (χ1n) is 9.54. The number of aryl methyl sites for hydroxylation is 1. The van der Waals surface area contributed by atoms with Crippen LogP contribution in [0.15, 0.2) is 41.4 Å². The average molecular weight is 532 g/mol. The molecule has 1 amide bonds. The molecular formula is C21H21IN6O3. The van der Waals surface area contributed by atoms with Crippen molar-refractivity contribution in [2.24, 2.45) is 0 Å². The summed E-state index contributed by atoms with van der Waals surface area (Å²) in [7, 11) is 1.59. The van der Waals surface area contributed by atoms with E-state index in [9.17, 15) is 4.79 Å². The summed E-state index contributed by atoms with van der Waals surface area (Å²) < 4.78 is 13.4. The molecule has 1 atom stereocenters. The summed E-state index contributed by atoms with van der Waals surface area (Å²) in [5.74, 6) is 0.000392. The second-order valence-electron chi connectivity index (χ2n) is 7.05. The first-order chi connectivity index (χ1) is 14.9. The molecule has 10 heteroatoms. The second-order valence-corrected chi connectivity index (χ2v) is 8.13. The highest BCUT2D eigenvalue weighted by Gasteiger charge is 2.25. The SMILES string of the molecule is COC(C)CNC(=O)c1nc(-c2ccc3ncc(C)n3c2)c(-c2ncco2)c(I)c1N. The van der Waals surface area contributed by atoms with Crippen LogP contribution in [0.1, 0.15) is 23.1 Å². The summed E-state index contributed by atoms with van der Waals surface area (Å²) in [6, 6.07) is 3.80. The molecule has 4 heterocycles. The first-order valence-corrected chi connectivity index (χ1v) is 10.6. The van der Waals surface area contributed by atoms with E-state index in [0.717, 1.165) is 16.9 Å². The Kier molecular flexibility index (Phi) is 5.92. The molecule has 0 bridgehead atoms. The topological polar surface area (TPSA) is 121 Å². The van der Waals surface area contributed by atoms with Crippen LogP contribution in [0.4, 0.5) is 5.69 Å². The molecular weight excluding hydrogens is 511 g/mol. The number of anilines is 1. The number of carbonyl (C=O) groups is 1. The number of amides is 1. The number of rotatable bonds is 6. The van der Waals surface area contributed by atoms with Gasteiger partial charge in [0.1, 0.15) is 11.9 Å². The first kappa shape index (κ1) is 21.2. The molecule has 0 spiro atoms. The van der Waals surface area contributed by atoms with E-state index < -0.39 is 0 Å². The van der Waals surface area contributed by atoms with Crippen molar-refractivity contribution < 1.29 is 13.9 Å². The van der Waals surface area contributed by atoms with Gasteiger partial charge in [-0.3, -0.25) is 4.79 Å². The Morgan fingerprint density at radius 2 is 2.19 bits per heavy atom. The number of fused-ring (bicyclic) bond motifs is 1.